The zero-order chi connectivity index (χ0) is 8.32. The molecule has 0 bridgehead atoms. The monoisotopic (exact) mass is 175 g/mol. The molecule has 7 heteroatoms. The van der Waals surface area contributed by atoms with Crippen molar-refractivity contribution < 1.29 is 14.4 Å². The summed E-state index contributed by atoms with van der Waals surface area (Å²) in [5, 5.41) is 1.92. The van der Waals surface area contributed by atoms with Gasteiger partial charge in [-0.25, -0.2) is 14.5 Å². The van der Waals surface area contributed by atoms with Crippen LogP contribution < -0.4 is 5.09 Å². The van der Waals surface area contributed by atoms with E-state index in [1.54, 1.807) is 0 Å². The number of rotatable bonds is 2. The first-order chi connectivity index (χ1) is 5.08. The van der Waals surface area contributed by atoms with Crippen LogP contribution in [0.3, 0.4) is 0 Å². The molecule has 0 saturated heterocycles. The fourth-order valence-electron chi connectivity index (χ4n) is 0.525. The summed E-state index contributed by atoms with van der Waals surface area (Å²) in [5.74, 6) is 0. The lowest BCUT2D eigenvalue weighted by molar-refractivity contribution is 0.380. The van der Waals surface area contributed by atoms with Gasteiger partial charge in [-0.3, -0.25) is 5.09 Å². The van der Waals surface area contributed by atoms with Crippen LogP contribution in [0.25, 0.3) is 0 Å². The Hall–Kier alpha value is -0.970. The summed E-state index contributed by atoms with van der Waals surface area (Å²) >= 11 is 0. The Morgan fingerprint density at radius 1 is 1.36 bits per heavy atom. The Labute approximate surface area is 62.5 Å². The van der Waals surface area contributed by atoms with Gasteiger partial charge in [-0.2, -0.15) is 0 Å². The Kier molecular flexibility index (Phi) is 2.19. The van der Waals surface area contributed by atoms with Crippen LogP contribution in [-0.4, -0.2) is 19.8 Å². The average Bonchev–Trinajstić information content (AvgIpc) is 1.85. The predicted octanol–water partition coefficient (Wildman–Crippen LogP) is -0.0188. The molecule has 1 aromatic rings. The molecule has 1 heterocycles. The van der Waals surface area contributed by atoms with Crippen molar-refractivity contribution in [1.82, 2.24) is 9.97 Å². The topological polar surface area (TPSA) is 95.3 Å². The van der Waals surface area contributed by atoms with E-state index in [-0.39, 0.29) is 5.69 Å². The summed E-state index contributed by atoms with van der Waals surface area (Å²) < 4.78 is 10.3. The van der Waals surface area contributed by atoms with Crippen molar-refractivity contribution in [3.05, 3.63) is 18.7 Å². The molecule has 1 aromatic heterocycles. The molecule has 3 N–H and O–H groups in total. The molecule has 60 valence electrons. The van der Waals surface area contributed by atoms with Gasteiger partial charge in [-0.1, -0.05) is 0 Å². The smallest absolute Gasteiger partial charge is 0.308 e. The minimum Gasteiger partial charge on any atom is -0.308 e. The molecule has 0 aliphatic carbocycles. The summed E-state index contributed by atoms with van der Waals surface area (Å²) in [4.78, 5) is 23.9. The van der Waals surface area contributed by atoms with E-state index in [9.17, 15) is 4.57 Å². The molecule has 0 radical (unpaired) electrons. The van der Waals surface area contributed by atoms with Gasteiger partial charge in [-0.05, 0) is 0 Å². The Morgan fingerprint density at radius 3 is 2.36 bits per heavy atom. The maximum atomic E-state index is 10.3. The van der Waals surface area contributed by atoms with Crippen molar-refractivity contribution in [3.63, 3.8) is 0 Å². The van der Waals surface area contributed by atoms with Crippen molar-refractivity contribution >= 4 is 13.4 Å². The first kappa shape index (κ1) is 8.13. The second-order valence-electron chi connectivity index (χ2n) is 1.78. The van der Waals surface area contributed by atoms with Gasteiger partial charge >= 0.3 is 7.75 Å². The van der Waals surface area contributed by atoms with Gasteiger partial charge in [-0.15, -0.1) is 0 Å². The van der Waals surface area contributed by atoms with E-state index in [0.717, 1.165) is 0 Å². The van der Waals surface area contributed by atoms with Crippen molar-refractivity contribution in [1.29, 1.82) is 0 Å². The van der Waals surface area contributed by atoms with Gasteiger partial charge in [0.1, 0.15) is 6.33 Å². The summed E-state index contributed by atoms with van der Waals surface area (Å²) in [5.41, 5.74) is 0.195. The van der Waals surface area contributed by atoms with E-state index in [1.165, 1.54) is 18.7 Å². The summed E-state index contributed by atoms with van der Waals surface area (Å²) in [6.07, 6.45) is 3.81. The molecule has 1 rings (SSSR count). The molecule has 0 aliphatic rings. The standard InChI is InChI=1S/C4H6N3O3P/c8-11(9,10)7-4-1-5-3-6-2-4/h1-3H,(H3,7,8,9,10). The zero-order valence-corrected chi connectivity index (χ0v) is 6.27. The molecule has 0 spiro atoms. The predicted molar refractivity (Wildman–Crippen MR) is 37.7 cm³/mol. The van der Waals surface area contributed by atoms with Crippen LogP contribution in [0.4, 0.5) is 5.69 Å². The molecule has 6 nitrogen and oxygen atoms in total. The number of hydrogen-bond donors (Lipinski definition) is 3. The third kappa shape index (κ3) is 3.08. The maximum Gasteiger partial charge on any atom is 0.427 e. The number of anilines is 1. The largest absolute Gasteiger partial charge is 0.427 e. The second-order valence-corrected chi connectivity index (χ2v) is 3.09. The van der Waals surface area contributed by atoms with Crippen LogP contribution in [-0.2, 0) is 4.57 Å². The van der Waals surface area contributed by atoms with Crippen molar-refractivity contribution in [3.8, 4) is 0 Å². The Balaban J connectivity index is 2.74. The van der Waals surface area contributed by atoms with Crippen LogP contribution in [0, 0.1) is 0 Å². The molecule has 0 saturated carbocycles. The van der Waals surface area contributed by atoms with Crippen LogP contribution in [0.15, 0.2) is 18.7 Å². The second kappa shape index (κ2) is 2.96. The normalized spacial score (nSPS) is 11.1. The molecule has 0 amide bonds. The lowest BCUT2D eigenvalue weighted by Gasteiger charge is -2.04. The van der Waals surface area contributed by atoms with E-state index >= 15 is 0 Å². The highest BCUT2D eigenvalue weighted by Crippen LogP contribution is 2.34. The van der Waals surface area contributed by atoms with Gasteiger partial charge in [0, 0.05) is 0 Å². The highest BCUT2D eigenvalue weighted by molar-refractivity contribution is 7.53. The fraction of sp³-hybridized carbons (Fsp3) is 0. The highest BCUT2D eigenvalue weighted by atomic mass is 31.2. The summed E-state index contributed by atoms with van der Waals surface area (Å²) in [7, 11) is -4.22. The third-order valence-corrected chi connectivity index (χ3v) is 1.38. The number of nitrogens with one attached hydrogen (secondary N) is 1. The number of hydrogen-bond acceptors (Lipinski definition) is 3. The minimum atomic E-state index is -4.22. The van der Waals surface area contributed by atoms with E-state index in [0.29, 0.717) is 0 Å². The summed E-state index contributed by atoms with van der Waals surface area (Å²) in [6.45, 7) is 0. The average molecular weight is 175 g/mol. The fourth-order valence-corrected chi connectivity index (χ4v) is 0.977. The van der Waals surface area contributed by atoms with Gasteiger partial charge in [0.2, 0.25) is 0 Å². The highest BCUT2D eigenvalue weighted by Gasteiger charge is 2.11. The molecule has 0 atom stereocenters. The third-order valence-electron chi connectivity index (χ3n) is 0.835. The first-order valence-electron chi connectivity index (χ1n) is 2.67. The lowest BCUT2D eigenvalue weighted by atomic mass is 10.6. The molecular formula is C4H6N3O3P. The molecule has 0 fully saturated rings. The van der Waals surface area contributed by atoms with E-state index in [1.807, 2.05) is 5.09 Å². The molecule has 0 aliphatic heterocycles. The van der Waals surface area contributed by atoms with Crippen LogP contribution in [0.2, 0.25) is 0 Å². The van der Waals surface area contributed by atoms with E-state index < -0.39 is 7.75 Å². The quantitative estimate of drug-likeness (QED) is 0.546. The van der Waals surface area contributed by atoms with Crippen molar-refractivity contribution in [2.45, 2.75) is 0 Å². The van der Waals surface area contributed by atoms with E-state index in [2.05, 4.69) is 9.97 Å². The zero-order valence-electron chi connectivity index (χ0n) is 5.38. The molecular weight excluding hydrogens is 169 g/mol. The molecule has 11 heavy (non-hydrogen) atoms. The lowest BCUT2D eigenvalue weighted by Crippen LogP contribution is -1.95. The number of aromatic nitrogens is 2. The van der Waals surface area contributed by atoms with Crippen LogP contribution in [0.1, 0.15) is 0 Å². The minimum absolute atomic E-state index is 0.195. The van der Waals surface area contributed by atoms with Gasteiger partial charge in [0.15, 0.2) is 0 Å². The number of nitrogens with zero attached hydrogens (tertiary/aromatic N) is 2. The van der Waals surface area contributed by atoms with Gasteiger partial charge < -0.3 is 9.79 Å². The Bertz CT molecular complexity index is 271. The van der Waals surface area contributed by atoms with Gasteiger partial charge in [0.25, 0.3) is 0 Å². The van der Waals surface area contributed by atoms with Gasteiger partial charge in [0.05, 0.1) is 18.1 Å². The SMILES string of the molecule is O=P(O)(O)Nc1cncnc1. The maximum absolute atomic E-state index is 10.3. The Morgan fingerprint density at radius 2 is 1.91 bits per heavy atom. The first-order valence-corrected chi connectivity index (χ1v) is 4.28. The van der Waals surface area contributed by atoms with Crippen LogP contribution >= 0.6 is 7.75 Å². The molecule has 0 aromatic carbocycles. The summed E-state index contributed by atoms with van der Waals surface area (Å²) in [6, 6.07) is 0. The molecule has 0 unspecified atom stereocenters. The van der Waals surface area contributed by atoms with E-state index in [4.69, 9.17) is 9.79 Å². The van der Waals surface area contributed by atoms with Crippen molar-refractivity contribution in [2.24, 2.45) is 0 Å². The van der Waals surface area contributed by atoms with Crippen LogP contribution in [0.5, 0.6) is 0 Å². The van der Waals surface area contributed by atoms with Crippen molar-refractivity contribution in [2.75, 3.05) is 5.09 Å².